The first-order chi connectivity index (χ1) is 18.9. The maximum atomic E-state index is 13.1. The fourth-order valence-corrected chi connectivity index (χ4v) is 6.31. The minimum Gasteiger partial charge on any atom is -0.871 e. The first-order valence-electron chi connectivity index (χ1n) is 11.7. The molecule has 2 aromatic carbocycles. The number of thioether (sulfide) groups is 1. The van der Waals surface area contributed by atoms with Gasteiger partial charge in [-0.05, 0) is 49.2 Å². The number of ether oxygens (including phenoxy) is 1. The summed E-state index contributed by atoms with van der Waals surface area (Å²) in [4.78, 5) is 27.9. The van der Waals surface area contributed by atoms with E-state index in [-0.39, 0.29) is 32.7 Å². The molecule has 40 heavy (non-hydrogen) atoms. The number of hydrogen-bond acceptors (Lipinski definition) is 9. The number of nitro groups is 1. The van der Waals surface area contributed by atoms with Crippen molar-refractivity contribution in [1.29, 1.82) is 0 Å². The molecule has 1 aliphatic rings. The van der Waals surface area contributed by atoms with Crippen LogP contribution in [0.5, 0.6) is 0 Å². The summed E-state index contributed by atoms with van der Waals surface area (Å²) in [6.07, 6.45) is 3.82. The summed E-state index contributed by atoms with van der Waals surface area (Å²) < 4.78 is 34.0. The molecule has 0 atom stereocenters. The number of hydrogen-bond donors (Lipinski definition) is 0. The van der Waals surface area contributed by atoms with Crippen molar-refractivity contribution in [2.24, 2.45) is 4.40 Å². The van der Waals surface area contributed by atoms with E-state index in [0.717, 1.165) is 36.0 Å². The van der Waals surface area contributed by atoms with Crippen LogP contribution in [0.25, 0.3) is 5.76 Å². The highest BCUT2D eigenvalue weighted by Gasteiger charge is 2.31. The predicted octanol–water partition coefficient (Wildman–Crippen LogP) is 3.65. The number of nitro benzene ring substituents is 1. The van der Waals surface area contributed by atoms with Gasteiger partial charge in [0.2, 0.25) is 0 Å². The van der Waals surface area contributed by atoms with Crippen molar-refractivity contribution < 1.29 is 33.0 Å². The van der Waals surface area contributed by atoms with Crippen LogP contribution < -0.4 is 15.0 Å². The van der Waals surface area contributed by atoms with E-state index < -0.39 is 32.2 Å². The molecule has 0 amide bonds. The standard InChI is InChI=1S/C19H15ClN2O7S2.C7H10N2/c1-3-29-19(24)16(17(23)11-4-6-12(7-5-11)22(25)26)18-21-31(27,28)15-8-10(2)13(20)9-14(15)30-18;1-9(2)7-3-5-8-6-4-7/h4-9,23H,3H2,1-2H3;3-6H,1-2H3/b17-16+;. The molecule has 0 spiro atoms. The molecular weight excluding hydrogens is 580 g/mol. The van der Waals surface area contributed by atoms with Gasteiger partial charge in [-0.3, -0.25) is 10.1 Å². The van der Waals surface area contributed by atoms with Gasteiger partial charge < -0.3 is 14.7 Å². The van der Waals surface area contributed by atoms with Crippen LogP contribution in [0.3, 0.4) is 0 Å². The summed E-state index contributed by atoms with van der Waals surface area (Å²) in [5.74, 6) is -1.94. The molecule has 14 heteroatoms. The highest BCUT2D eigenvalue weighted by molar-refractivity contribution is 8.16. The van der Waals surface area contributed by atoms with Crippen LogP contribution in [0.1, 0.15) is 18.1 Å². The number of nitrogens with zero attached hydrogens (tertiary/aromatic N) is 3. The summed E-state index contributed by atoms with van der Waals surface area (Å²) in [6.45, 7) is 3.09. The zero-order chi connectivity index (χ0) is 29.6. The second-order valence-electron chi connectivity index (χ2n) is 8.40. The van der Waals surface area contributed by atoms with E-state index in [2.05, 4.69) is 14.3 Å². The lowest BCUT2D eigenvalue weighted by molar-refractivity contribution is -0.384. The number of halogens is 1. The maximum absolute atomic E-state index is 13.1. The number of sulfonamides is 1. The van der Waals surface area contributed by atoms with Gasteiger partial charge in [-0.25, -0.2) is 9.78 Å². The highest BCUT2D eigenvalue weighted by atomic mass is 35.5. The van der Waals surface area contributed by atoms with Gasteiger partial charge in [0.1, 0.15) is 9.94 Å². The smallest absolute Gasteiger partial charge is 0.340 e. The summed E-state index contributed by atoms with van der Waals surface area (Å²) in [5.41, 5.74) is 0.836. The minimum atomic E-state index is -4.22. The second kappa shape index (κ2) is 12.9. The number of aromatic amines is 1. The third-order valence-electron chi connectivity index (χ3n) is 5.39. The van der Waals surface area contributed by atoms with Gasteiger partial charge in [-0.1, -0.05) is 29.1 Å². The summed E-state index contributed by atoms with van der Waals surface area (Å²) in [7, 11) is -0.173. The zero-order valence-corrected chi connectivity index (χ0v) is 24.3. The van der Waals surface area contributed by atoms with Crippen molar-refractivity contribution in [2.45, 2.75) is 23.6 Å². The van der Waals surface area contributed by atoms with Gasteiger partial charge in [0.25, 0.3) is 15.7 Å². The Hall–Kier alpha value is -3.94. The van der Waals surface area contributed by atoms with Crippen LogP contribution in [0.15, 0.2) is 80.7 Å². The van der Waals surface area contributed by atoms with E-state index in [1.807, 2.05) is 38.6 Å². The quantitative estimate of drug-likeness (QED) is 0.135. The molecule has 0 fully saturated rings. The van der Waals surface area contributed by atoms with Gasteiger partial charge in [-0.15, -0.1) is 0 Å². The lowest BCUT2D eigenvalue weighted by Gasteiger charge is -2.22. The maximum Gasteiger partial charge on any atom is 0.340 e. The van der Waals surface area contributed by atoms with Crippen LogP contribution in [0.2, 0.25) is 5.02 Å². The lowest BCUT2D eigenvalue weighted by atomic mass is 10.1. The van der Waals surface area contributed by atoms with Crippen LogP contribution >= 0.6 is 23.4 Å². The van der Waals surface area contributed by atoms with Crippen molar-refractivity contribution in [2.75, 3.05) is 25.6 Å². The van der Waals surface area contributed by atoms with Gasteiger partial charge in [0.05, 0.1) is 17.1 Å². The second-order valence-corrected chi connectivity index (χ2v) is 11.4. The SMILES string of the molecule is CCOC(=O)/C(C1=NS(=O)(=O)c2cc(C)c(Cl)cc2S1)=C(/[O-])c1ccc([N+](=O)[O-])cc1.CN(C)c1cc[nH+]cc1. The fraction of sp³-hybridized carbons (Fsp3) is 0.192. The number of aryl methyl sites for hydroxylation is 1. The Labute approximate surface area is 240 Å². The van der Waals surface area contributed by atoms with E-state index in [1.54, 1.807) is 6.92 Å². The molecular formula is C26H25ClN4O7S2. The van der Waals surface area contributed by atoms with E-state index in [1.165, 1.54) is 24.7 Å². The van der Waals surface area contributed by atoms with Crippen LogP contribution in [-0.4, -0.2) is 45.1 Å². The monoisotopic (exact) mass is 604 g/mol. The molecule has 0 unspecified atom stereocenters. The molecule has 1 aromatic heterocycles. The normalized spacial score (nSPS) is 14.0. The van der Waals surface area contributed by atoms with Crippen LogP contribution in [0, 0.1) is 17.0 Å². The van der Waals surface area contributed by atoms with Crippen LogP contribution in [0.4, 0.5) is 11.4 Å². The average Bonchev–Trinajstić information content (AvgIpc) is 2.91. The molecule has 1 aliphatic heterocycles. The van der Waals surface area contributed by atoms with Crippen molar-refractivity contribution in [1.82, 2.24) is 0 Å². The fourth-order valence-electron chi connectivity index (χ4n) is 3.33. The molecule has 0 bridgehead atoms. The average molecular weight is 605 g/mol. The molecule has 3 aromatic rings. The largest absolute Gasteiger partial charge is 0.871 e. The number of anilines is 1. The topological polar surface area (TPSA) is 156 Å². The van der Waals surface area contributed by atoms with Crippen molar-refractivity contribution in [3.63, 3.8) is 0 Å². The number of fused-ring (bicyclic) bond motifs is 1. The van der Waals surface area contributed by atoms with E-state index in [9.17, 15) is 28.4 Å². The molecule has 0 aliphatic carbocycles. The van der Waals surface area contributed by atoms with Gasteiger partial charge in [0.15, 0.2) is 12.4 Å². The molecule has 4 rings (SSSR count). The van der Waals surface area contributed by atoms with E-state index in [4.69, 9.17) is 16.3 Å². The van der Waals surface area contributed by atoms with Crippen molar-refractivity contribution >= 4 is 61.5 Å². The number of esters is 1. The number of nitrogens with one attached hydrogen (secondary N) is 1. The lowest BCUT2D eigenvalue weighted by Crippen LogP contribution is -2.23. The van der Waals surface area contributed by atoms with E-state index >= 15 is 0 Å². The Morgan fingerprint density at radius 3 is 2.30 bits per heavy atom. The number of aromatic nitrogens is 1. The number of H-pyrrole nitrogens is 1. The molecule has 2 heterocycles. The zero-order valence-electron chi connectivity index (χ0n) is 21.9. The number of carbonyl (C=O) groups is 1. The number of pyridine rings is 1. The Kier molecular flexibility index (Phi) is 9.90. The molecule has 0 radical (unpaired) electrons. The van der Waals surface area contributed by atoms with E-state index in [0.29, 0.717) is 10.6 Å². The Morgan fingerprint density at radius 1 is 1.15 bits per heavy atom. The third-order valence-corrected chi connectivity index (χ3v) is 8.41. The Balaban J connectivity index is 0.000000415. The third kappa shape index (κ3) is 7.17. The molecule has 210 valence electrons. The van der Waals surface area contributed by atoms with Crippen molar-refractivity contribution in [3.8, 4) is 0 Å². The Morgan fingerprint density at radius 2 is 1.77 bits per heavy atom. The van der Waals surface area contributed by atoms with Gasteiger partial charge in [-0.2, -0.15) is 12.8 Å². The minimum absolute atomic E-state index is 0.0673. The van der Waals surface area contributed by atoms with Gasteiger partial charge in [0, 0.05) is 54.0 Å². The number of non-ortho nitro benzene ring substituents is 1. The molecule has 1 N–H and O–H groups in total. The predicted molar refractivity (Wildman–Crippen MR) is 151 cm³/mol. The number of benzene rings is 2. The first kappa shape index (κ1) is 30.6. The molecule has 0 saturated heterocycles. The van der Waals surface area contributed by atoms with Crippen molar-refractivity contribution in [3.05, 3.63) is 92.8 Å². The molecule has 11 nitrogen and oxygen atoms in total. The summed E-state index contributed by atoms with van der Waals surface area (Å²) in [5, 5.41) is 23.8. The first-order valence-corrected chi connectivity index (χ1v) is 14.3. The van der Waals surface area contributed by atoms with Crippen LogP contribution in [-0.2, 0) is 19.6 Å². The summed E-state index contributed by atoms with van der Waals surface area (Å²) in [6, 6.07) is 11.4. The Bertz CT molecular complexity index is 1590. The summed E-state index contributed by atoms with van der Waals surface area (Å²) >= 11 is 6.90. The molecule has 0 saturated carbocycles. The number of rotatable bonds is 6. The van der Waals surface area contributed by atoms with Gasteiger partial charge >= 0.3 is 5.97 Å². The number of carbonyl (C=O) groups excluding carboxylic acids is 1. The highest BCUT2D eigenvalue weighted by Crippen LogP contribution is 2.40.